The minimum Gasteiger partial charge on any atom is -0.381 e. The standard InChI is InChI=1S/C20H18N2O/c23-16-22(19-9-5-2-6-10-19)20-13-11-18(12-14-20)21-15-17-7-3-1-4-8-17/h1-14,16,21H,15H2. The number of nitrogens with one attached hydrogen (secondary N) is 1. The summed E-state index contributed by atoms with van der Waals surface area (Å²) < 4.78 is 0. The highest BCUT2D eigenvalue weighted by atomic mass is 16.1. The summed E-state index contributed by atoms with van der Waals surface area (Å²) in [6, 6.07) is 27.7. The monoisotopic (exact) mass is 302 g/mol. The van der Waals surface area contributed by atoms with Gasteiger partial charge in [-0.15, -0.1) is 0 Å². The number of para-hydroxylation sites is 1. The molecular formula is C20H18N2O. The largest absolute Gasteiger partial charge is 0.381 e. The minimum atomic E-state index is 0.774. The van der Waals surface area contributed by atoms with Crippen LogP contribution in [-0.4, -0.2) is 6.41 Å². The summed E-state index contributed by atoms with van der Waals surface area (Å²) in [5.41, 5.74) is 3.95. The summed E-state index contributed by atoms with van der Waals surface area (Å²) in [4.78, 5) is 13.0. The van der Waals surface area contributed by atoms with E-state index in [0.717, 1.165) is 30.0 Å². The zero-order chi connectivity index (χ0) is 15.9. The van der Waals surface area contributed by atoms with Gasteiger partial charge in [-0.2, -0.15) is 0 Å². The van der Waals surface area contributed by atoms with Crippen molar-refractivity contribution in [3.8, 4) is 0 Å². The van der Waals surface area contributed by atoms with Crippen LogP contribution in [0.3, 0.4) is 0 Å². The number of carbonyl (C=O) groups excluding carboxylic acids is 1. The lowest BCUT2D eigenvalue weighted by Gasteiger charge is -2.18. The Balaban J connectivity index is 1.70. The van der Waals surface area contributed by atoms with Crippen LogP contribution in [0.1, 0.15) is 5.56 Å². The summed E-state index contributed by atoms with van der Waals surface area (Å²) in [5.74, 6) is 0. The van der Waals surface area contributed by atoms with Crippen molar-refractivity contribution in [2.45, 2.75) is 6.54 Å². The molecule has 0 bridgehead atoms. The Morgan fingerprint density at radius 3 is 1.91 bits per heavy atom. The van der Waals surface area contributed by atoms with Crippen LogP contribution in [-0.2, 0) is 11.3 Å². The lowest BCUT2D eigenvalue weighted by Crippen LogP contribution is -2.13. The van der Waals surface area contributed by atoms with Gasteiger partial charge < -0.3 is 5.32 Å². The first-order valence-electron chi connectivity index (χ1n) is 7.54. The lowest BCUT2D eigenvalue weighted by atomic mass is 10.2. The summed E-state index contributed by atoms with van der Waals surface area (Å²) >= 11 is 0. The van der Waals surface area contributed by atoms with Gasteiger partial charge in [0.15, 0.2) is 0 Å². The first-order valence-corrected chi connectivity index (χ1v) is 7.54. The molecule has 0 aliphatic heterocycles. The highest BCUT2D eigenvalue weighted by Gasteiger charge is 2.07. The third kappa shape index (κ3) is 3.77. The van der Waals surface area contributed by atoms with Crippen LogP contribution in [0.2, 0.25) is 0 Å². The van der Waals surface area contributed by atoms with E-state index in [4.69, 9.17) is 0 Å². The molecule has 23 heavy (non-hydrogen) atoms. The van der Waals surface area contributed by atoms with Crippen molar-refractivity contribution in [3.05, 3.63) is 90.5 Å². The second-order valence-corrected chi connectivity index (χ2v) is 5.20. The van der Waals surface area contributed by atoms with E-state index >= 15 is 0 Å². The molecule has 1 N–H and O–H groups in total. The maximum Gasteiger partial charge on any atom is 0.218 e. The van der Waals surface area contributed by atoms with Crippen LogP contribution >= 0.6 is 0 Å². The van der Waals surface area contributed by atoms with Gasteiger partial charge in [0, 0.05) is 23.6 Å². The molecule has 3 aromatic carbocycles. The summed E-state index contributed by atoms with van der Waals surface area (Å²) in [6.45, 7) is 0.774. The number of amides is 1. The number of carbonyl (C=O) groups is 1. The quantitative estimate of drug-likeness (QED) is 0.675. The molecular weight excluding hydrogens is 284 g/mol. The molecule has 3 nitrogen and oxygen atoms in total. The molecule has 3 rings (SSSR count). The van der Waals surface area contributed by atoms with Gasteiger partial charge in [0.2, 0.25) is 6.41 Å². The third-order valence-corrected chi connectivity index (χ3v) is 3.62. The van der Waals surface area contributed by atoms with Gasteiger partial charge in [-0.05, 0) is 42.0 Å². The van der Waals surface area contributed by atoms with Gasteiger partial charge in [-0.1, -0.05) is 48.5 Å². The zero-order valence-corrected chi connectivity index (χ0v) is 12.7. The molecule has 0 heterocycles. The Morgan fingerprint density at radius 2 is 1.30 bits per heavy atom. The molecule has 1 amide bonds. The van der Waals surface area contributed by atoms with Gasteiger partial charge in [0.25, 0.3) is 0 Å². The number of hydrogen-bond donors (Lipinski definition) is 1. The normalized spacial score (nSPS) is 10.1. The fourth-order valence-electron chi connectivity index (χ4n) is 2.40. The Labute approximate surface area is 136 Å². The fraction of sp³-hybridized carbons (Fsp3) is 0.0500. The van der Waals surface area contributed by atoms with E-state index in [1.807, 2.05) is 72.8 Å². The van der Waals surface area contributed by atoms with Crippen LogP contribution in [0.25, 0.3) is 0 Å². The average Bonchev–Trinajstić information content (AvgIpc) is 2.63. The van der Waals surface area contributed by atoms with Gasteiger partial charge in [-0.25, -0.2) is 0 Å². The van der Waals surface area contributed by atoms with E-state index in [1.54, 1.807) is 4.90 Å². The molecule has 0 saturated carbocycles. The molecule has 0 aliphatic carbocycles. The molecule has 0 spiro atoms. The second kappa shape index (κ2) is 7.27. The Bertz CT molecular complexity index is 740. The Hall–Kier alpha value is -3.07. The van der Waals surface area contributed by atoms with Crippen LogP contribution in [0.5, 0.6) is 0 Å². The smallest absolute Gasteiger partial charge is 0.218 e. The highest BCUT2D eigenvalue weighted by Crippen LogP contribution is 2.25. The molecule has 0 saturated heterocycles. The topological polar surface area (TPSA) is 32.3 Å². The maximum atomic E-state index is 11.4. The number of hydrogen-bond acceptors (Lipinski definition) is 2. The fourth-order valence-corrected chi connectivity index (χ4v) is 2.40. The predicted octanol–water partition coefficient (Wildman–Crippen LogP) is 4.59. The van der Waals surface area contributed by atoms with E-state index in [1.165, 1.54) is 5.56 Å². The third-order valence-electron chi connectivity index (χ3n) is 3.62. The van der Waals surface area contributed by atoms with E-state index in [2.05, 4.69) is 17.4 Å². The molecule has 3 aromatic rings. The summed E-state index contributed by atoms with van der Waals surface area (Å²) in [6.07, 6.45) is 0.835. The van der Waals surface area contributed by atoms with Gasteiger partial charge in [-0.3, -0.25) is 9.69 Å². The van der Waals surface area contributed by atoms with E-state index in [0.29, 0.717) is 0 Å². The SMILES string of the molecule is O=CN(c1ccccc1)c1ccc(NCc2ccccc2)cc1. The van der Waals surface area contributed by atoms with Crippen LogP contribution in [0.15, 0.2) is 84.9 Å². The maximum absolute atomic E-state index is 11.4. The van der Waals surface area contributed by atoms with E-state index in [-0.39, 0.29) is 0 Å². The van der Waals surface area contributed by atoms with Crippen LogP contribution < -0.4 is 10.2 Å². The molecule has 0 radical (unpaired) electrons. The minimum absolute atomic E-state index is 0.774. The van der Waals surface area contributed by atoms with E-state index < -0.39 is 0 Å². The van der Waals surface area contributed by atoms with Crippen molar-refractivity contribution >= 4 is 23.5 Å². The van der Waals surface area contributed by atoms with Crippen molar-refractivity contribution in [1.82, 2.24) is 0 Å². The number of nitrogens with zero attached hydrogens (tertiary/aromatic N) is 1. The van der Waals surface area contributed by atoms with Crippen molar-refractivity contribution in [2.24, 2.45) is 0 Å². The van der Waals surface area contributed by atoms with Crippen LogP contribution in [0, 0.1) is 0 Å². The number of anilines is 3. The van der Waals surface area contributed by atoms with Crippen molar-refractivity contribution in [3.63, 3.8) is 0 Å². The first kappa shape index (κ1) is 14.9. The molecule has 0 atom stereocenters. The van der Waals surface area contributed by atoms with Gasteiger partial charge in [0.1, 0.15) is 0 Å². The summed E-state index contributed by atoms with van der Waals surface area (Å²) in [5, 5.41) is 3.38. The molecule has 0 unspecified atom stereocenters. The zero-order valence-electron chi connectivity index (χ0n) is 12.7. The number of rotatable bonds is 6. The molecule has 114 valence electrons. The Morgan fingerprint density at radius 1 is 0.739 bits per heavy atom. The molecule has 0 aromatic heterocycles. The van der Waals surface area contributed by atoms with Crippen molar-refractivity contribution in [1.29, 1.82) is 0 Å². The average molecular weight is 302 g/mol. The second-order valence-electron chi connectivity index (χ2n) is 5.20. The van der Waals surface area contributed by atoms with Crippen molar-refractivity contribution < 1.29 is 4.79 Å². The van der Waals surface area contributed by atoms with Crippen LogP contribution in [0.4, 0.5) is 17.1 Å². The molecule has 0 aliphatic rings. The Kier molecular flexibility index (Phi) is 4.69. The van der Waals surface area contributed by atoms with Crippen molar-refractivity contribution in [2.75, 3.05) is 10.2 Å². The van der Waals surface area contributed by atoms with Gasteiger partial charge in [0.05, 0.1) is 0 Å². The molecule has 3 heteroatoms. The van der Waals surface area contributed by atoms with E-state index in [9.17, 15) is 4.79 Å². The lowest BCUT2D eigenvalue weighted by molar-refractivity contribution is -0.106. The predicted molar refractivity (Wildman–Crippen MR) is 94.9 cm³/mol. The summed E-state index contributed by atoms with van der Waals surface area (Å²) in [7, 11) is 0. The highest BCUT2D eigenvalue weighted by molar-refractivity contribution is 5.86. The van der Waals surface area contributed by atoms with Gasteiger partial charge >= 0.3 is 0 Å². The molecule has 0 fully saturated rings. The first-order chi connectivity index (χ1) is 11.4. The number of benzene rings is 3.